The Labute approximate surface area is 119 Å². The first-order valence-electron chi connectivity index (χ1n) is 5.98. The smallest absolute Gasteiger partial charge is 0.231 e. The van der Waals surface area contributed by atoms with Crippen molar-refractivity contribution in [3.05, 3.63) is 46.2 Å². The van der Waals surface area contributed by atoms with Gasteiger partial charge in [-0.25, -0.2) is 4.98 Å². The van der Waals surface area contributed by atoms with Gasteiger partial charge in [0.15, 0.2) is 11.5 Å². The van der Waals surface area contributed by atoms with Gasteiger partial charge >= 0.3 is 0 Å². The zero-order chi connectivity index (χ0) is 13.2. The third-order valence-corrected chi connectivity index (χ3v) is 3.44. The maximum Gasteiger partial charge on any atom is 0.231 e. The number of anilines is 1. The predicted molar refractivity (Wildman–Crippen MR) is 76.6 cm³/mol. The number of ether oxygens (including phenoxy) is 2. The molecule has 0 atom stereocenters. The first-order valence-corrected chi connectivity index (χ1v) is 6.78. The van der Waals surface area contributed by atoms with E-state index in [0.29, 0.717) is 13.3 Å². The lowest BCUT2D eigenvalue weighted by molar-refractivity contribution is 0.173. The Morgan fingerprint density at radius 3 is 3.00 bits per heavy atom. The molecule has 0 unspecified atom stereocenters. The molecule has 1 aliphatic heterocycles. The van der Waals surface area contributed by atoms with Crippen LogP contribution in [0.25, 0.3) is 0 Å². The molecule has 1 aliphatic rings. The number of fused-ring (bicyclic) bond motifs is 1. The van der Waals surface area contributed by atoms with Crippen LogP contribution >= 0.6 is 15.9 Å². The van der Waals surface area contributed by atoms with Gasteiger partial charge in [-0.1, -0.05) is 12.1 Å². The van der Waals surface area contributed by atoms with Crippen LogP contribution in [0.5, 0.6) is 11.5 Å². The Morgan fingerprint density at radius 1 is 1.26 bits per heavy atom. The first-order chi connectivity index (χ1) is 9.24. The van der Waals surface area contributed by atoms with Gasteiger partial charge in [-0.2, -0.15) is 0 Å². The van der Waals surface area contributed by atoms with E-state index in [-0.39, 0.29) is 0 Å². The van der Waals surface area contributed by atoms with Crippen molar-refractivity contribution in [1.29, 1.82) is 0 Å². The fourth-order valence-electron chi connectivity index (χ4n) is 2.04. The van der Waals surface area contributed by atoms with E-state index >= 15 is 0 Å². The summed E-state index contributed by atoms with van der Waals surface area (Å²) in [5.74, 6) is 1.64. The van der Waals surface area contributed by atoms with Crippen LogP contribution in [0.4, 0.5) is 5.69 Å². The summed E-state index contributed by atoms with van der Waals surface area (Å²) in [6.07, 6.45) is 0. The number of hydrogen-bond acceptors (Lipinski definition) is 4. The lowest BCUT2D eigenvalue weighted by Gasteiger charge is -2.10. The minimum absolute atomic E-state index is 0.297. The van der Waals surface area contributed by atoms with Crippen LogP contribution in [0.3, 0.4) is 0 Å². The third kappa shape index (κ3) is 2.51. The highest BCUT2D eigenvalue weighted by Gasteiger charge is 2.16. The third-order valence-electron chi connectivity index (χ3n) is 3.00. The second-order valence-electron chi connectivity index (χ2n) is 4.27. The Hall–Kier alpha value is -1.75. The molecule has 1 N–H and O–H groups in total. The van der Waals surface area contributed by atoms with Crippen molar-refractivity contribution in [2.24, 2.45) is 0 Å². The topological polar surface area (TPSA) is 43.4 Å². The lowest BCUT2D eigenvalue weighted by Crippen LogP contribution is -2.03. The first kappa shape index (κ1) is 12.3. The highest BCUT2D eigenvalue weighted by atomic mass is 79.9. The molecule has 0 saturated heterocycles. The number of halogens is 1. The molecule has 0 amide bonds. The van der Waals surface area contributed by atoms with Gasteiger partial charge in [-0.15, -0.1) is 0 Å². The van der Waals surface area contributed by atoms with Gasteiger partial charge in [-0.05, 0) is 41.1 Å². The lowest BCUT2D eigenvalue weighted by atomic mass is 10.2. The molecule has 2 aromatic rings. The van der Waals surface area contributed by atoms with Crippen LogP contribution < -0.4 is 14.8 Å². The van der Waals surface area contributed by atoms with Crippen molar-refractivity contribution in [2.75, 3.05) is 12.1 Å². The molecule has 19 heavy (non-hydrogen) atoms. The SMILES string of the molecule is Cc1nc(Br)ccc1NCc1cccc2c1OCO2. The number of para-hydroxylation sites is 1. The molecular weight excluding hydrogens is 308 g/mol. The largest absolute Gasteiger partial charge is 0.454 e. The molecule has 2 heterocycles. The number of hydrogen-bond donors (Lipinski definition) is 1. The number of benzene rings is 1. The Morgan fingerprint density at radius 2 is 2.16 bits per heavy atom. The van der Waals surface area contributed by atoms with Crippen molar-refractivity contribution >= 4 is 21.6 Å². The molecule has 0 aliphatic carbocycles. The van der Waals surface area contributed by atoms with E-state index < -0.39 is 0 Å². The fourth-order valence-corrected chi connectivity index (χ4v) is 2.44. The summed E-state index contributed by atoms with van der Waals surface area (Å²) in [5, 5.41) is 3.37. The summed E-state index contributed by atoms with van der Waals surface area (Å²) >= 11 is 3.36. The summed E-state index contributed by atoms with van der Waals surface area (Å²) < 4.78 is 11.7. The van der Waals surface area contributed by atoms with Gasteiger partial charge < -0.3 is 14.8 Å². The van der Waals surface area contributed by atoms with E-state index in [0.717, 1.165) is 33.0 Å². The van der Waals surface area contributed by atoms with Crippen molar-refractivity contribution in [1.82, 2.24) is 4.98 Å². The molecule has 3 rings (SSSR count). The highest BCUT2D eigenvalue weighted by molar-refractivity contribution is 9.10. The Kier molecular flexibility index (Phi) is 3.29. The molecule has 98 valence electrons. The second kappa shape index (κ2) is 5.09. The normalized spacial score (nSPS) is 12.5. The van der Waals surface area contributed by atoms with Crippen LogP contribution in [0.15, 0.2) is 34.9 Å². The quantitative estimate of drug-likeness (QED) is 0.879. The van der Waals surface area contributed by atoms with Gasteiger partial charge in [0.2, 0.25) is 6.79 Å². The van der Waals surface area contributed by atoms with E-state index in [1.807, 2.05) is 37.3 Å². The average molecular weight is 321 g/mol. The van der Waals surface area contributed by atoms with Crippen molar-refractivity contribution in [3.63, 3.8) is 0 Å². The minimum atomic E-state index is 0.297. The number of aromatic nitrogens is 1. The van der Waals surface area contributed by atoms with Crippen LogP contribution in [-0.4, -0.2) is 11.8 Å². The van der Waals surface area contributed by atoms with Crippen molar-refractivity contribution < 1.29 is 9.47 Å². The molecule has 0 radical (unpaired) electrons. The predicted octanol–water partition coefficient (Wildman–Crippen LogP) is 3.49. The van der Waals surface area contributed by atoms with E-state index in [9.17, 15) is 0 Å². The van der Waals surface area contributed by atoms with Crippen LogP contribution in [0, 0.1) is 6.92 Å². The second-order valence-corrected chi connectivity index (χ2v) is 5.08. The van der Waals surface area contributed by atoms with Gasteiger partial charge in [-0.3, -0.25) is 0 Å². The Balaban J connectivity index is 1.78. The van der Waals surface area contributed by atoms with Crippen LogP contribution in [0.2, 0.25) is 0 Å². The molecule has 0 bridgehead atoms. The highest BCUT2D eigenvalue weighted by Crippen LogP contribution is 2.35. The maximum absolute atomic E-state index is 5.48. The van der Waals surface area contributed by atoms with Crippen LogP contribution in [0.1, 0.15) is 11.3 Å². The summed E-state index contributed by atoms with van der Waals surface area (Å²) in [7, 11) is 0. The summed E-state index contributed by atoms with van der Waals surface area (Å²) in [5.41, 5.74) is 3.05. The van der Waals surface area contributed by atoms with Gasteiger partial charge in [0.25, 0.3) is 0 Å². The summed E-state index contributed by atoms with van der Waals surface area (Å²) in [6.45, 7) is 2.95. The molecule has 0 spiro atoms. The number of nitrogens with zero attached hydrogens (tertiary/aromatic N) is 1. The van der Waals surface area contributed by atoms with Crippen LogP contribution in [-0.2, 0) is 6.54 Å². The van der Waals surface area contributed by atoms with E-state index in [1.54, 1.807) is 0 Å². The number of nitrogens with one attached hydrogen (secondary N) is 1. The molecule has 1 aromatic heterocycles. The monoisotopic (exact) mass is 320 g/mol. The summed E-state index contributed by atoms with van der Waals surface area (Å²) in [4.78, 5) is 4.36. The molecule has 0 saturated carbocycles. The van der Waals surface area contributed by atoms with Crippen molar-refractivity contribution in [3.8, 4) is 11.5 Å². The maximum atomic E-state index is 5.48. The average Bonchev–Trinajstić information content (AvgIpc) is 2.86. The molecule has 4 nitrogen and oxygen atoms in total. The molecule has 0 fully saturated rings. The van der Waals surface area contributed by atoms with E-state index in [4.69, 9.17) is 9.47 Å². The molecule has 5 heteroatoms. The van der Waals surface area contributed by atoms with Gasteiger partial charge in [0.1, 0.15) is 4.60 Å². The number of pyridine rings is 1. The molecular formula is C14H13BrN2O2. The molecule has 1 aromatic carbocycles. The van der Waals surface area contributed by atoms with Gasteiger partial charge in [0.05, 0.1) is 11.4 Å². The zero-order valence-electron chi connectivity index (χ0n) is 10.4. The number of aryl methyl sites for hydroxylation is 1. The Bertz CT molecular complexity index is 616. The summed E-state index contributed by atoms with van der Waals surface area (Å²) in [6, 6.07) is 9.84. The number of rotatable bonds is 3. The standard InChI is InChI=1S/C14H13BrN2O2/c1-9-11(5-6-13(15)17-9)16-7-10-3-2-4-12-14(10)19-8-18-12/h2-6,16H,7-8H2,1H3. The zero-order valence-corrected chi connectivity index (χ0v) is 12.0. The van der Waals surface area contributed by atoms with E-state index in [2.05, 4.69) is 26.2 Å². The fraction of sp³-hybridized carbons (Fsp3) is 0.214. The van der Waals surface area contributed by atoms with Crippen molar-refractivity contribution in [2.45, 2.75) is 13.5 Å². The van der Waals surface area contributed by atoms with Gasteiger partial charge in [0, 0.05) is 12.1 Å². The minimum Gasteiger partial charge on any atom is -0.454 e. The van der Waals surface area contributed by atoms with E-state index in [1.165, 1.54) is 0 Å².